The molecule has 2 aliphatic rings. The Morgan fingerprint density at radius 2 is 1.77 bits per heavy atom. The predicted octanol–water partition coefficient (Wildman–Crippen LogP) is 3.58. The molecular formula is C34H45N5O7S2. The Balaban J connectivity index is 1.31. The molecule has 2 aliphatic heterocycles. The molecule has 48 heavy (non-hydrogen) atoms. The zero-order valence-corrected chi connectivity index (χ0v) is 29.6. The number of nitrogens with one attached hydrogen (secondary N) is 2. The minimum Gasteiger partial charge on any atom is -0.454 e. The first-order valence-electron chi connectivity index (χ1n) is 16.2. The molecule has 0 radical (unpaired) electrons. The summed E-state index contributed by atoms with van der Waals surface area (Å²) in [5.74, 6) is -0.0898. The maximum absolute atomic E-state index is 14.0. The van der Waals surface area contributed by atoms with Crippen LogP contribution >= 0.6 is 11.3 Å². The zero-order chi connectivity index (χ0) is 34.6. The highest BCUT2D eigenvalue weighted by atomic mass is 32.2. The number of rotatable bonds is 15. The van der Waals surface area contributed by atoms with Crippen molar-refractivity contribution >= 4 is 33.1 Å². The molecule has 14 heteroatoms. The number of fused-ring (bicyclic) bond motifs is 1. The van der Waals surface area contributed by atoms with Gasteiger partial charge in [0.1, 0.15) is 11.4 Å². The normalized spacial score (nSPS) is 17.2. The topological polar surface area (TPSA) is 150 Å². The molecule has 4 atom stereocenters. The average molecular weight is 700 g/mol. The fourth-order valence-corrected chi connectivity index (χ4v) is 8.65. The summed E-state index contributed by atoms with van der Waals surface area (Å²) in [6.07, 6.45) is -0.862. The smallest absolute Gasteiger partial charge is 0.321 e. The lowest BCUT2D eigenvalue weighted by molar-refractivity contribution is -0.128. The molecule has 3 aromatic rings. The summed E-state index contributed by atoms with van der Waals surface area (Å²) in [7, 11) is -3.89. The van der Waals surface area contributed by atoms with Crippen LogP contribution < -0.4 is 20.1 Å². The highest BCUT2D eigenvalue weighted by Gasteiger charge is 2.40. The first-order valence-corrected chi connectivity index (χ1v) is 18.6. The molecule has 5 rings (SSSR count). The molecule has 12 nitrogen and oxygen atoms in total. The Bertz CT molecular complexity index is 1680. The van der Waals surface area contributed by atoms with E-state index in [1.165, 1.54) is 23.5 Å². The van der Waals surface area contributed by atoms with Gasteiger partial charge in [0.05, 0.1) is 34.3 Å². The van der Waals surface area contributed by atoms with Gasteiger partial charge in [0.25, 0.3) is 0 Å². The third kappa shape index (κ3) is 8.11. The van der Waals surface area contributed by atoms with E-state index in [0.717, 1.165) is 16.3 Å². The number of aromatic nitrogens is 1. The van der Waals surface area contributed by atoms with E-state index in [2.05, 4.69) is 15.6 Å². The van der Waals surface area contributed by atoms with Crippen LogP contribution in [0.2, 0.25) is 0 Å². The molecule has 3 N–H and O–H groups in total. The molecule has 0 saturated carbocycles. The van der Waals surface area contributed by atoms with Gasteiger partial charge in [-0.15, -0.1) is 11.3 Å². The van der Waals surface area contributed by atoms with E-state index in [4.69, 9.17) is 9.47 Å². The summed E-state index contributed by atoms with van der Waals surface area (Å²) < 4.78 is 38.2. The van der Waals surface area contributed by atoms with Crippen LogP contribution in [0.5, 0.6) is 11.5 Å². The summed E-state index contributed by atoms with van der Waals surface area (Å²) in [6, 6.07) is 12.2. The van der Waals surface area contributed by atoms with Crippen molar-refractivity contribution in [2.75, 3.05) is 26.4 Å². The molecule has 0 bridgehead atoms. The highest BCUT2D eigenvalue weighted by molar-refractivity contribution is 7.92. The Morgan fingerprint density at radius 3 is 2.44 bits per heavy atom. The van der Waals surface area contributed by atoms with Crippen LogP contribution in [-0.2, 0) is 27.6 Å². The number of carbonyl (C=O) groups is 2. The van der Waals surface area contributed by atoms with Crippen molar-refractivity contribution in [3.63, 3.8) is 0 Å². The van der Waals surface area contributed by atoms with Crippen molar-refractivity contribution in [3.8, 4) is 11.5 Å². The second-order valence-corrected chi connectivity index (χ2v) is 16.1. The summed E-state index contributed by atoms with van der Waals surface area (Å²) in [6.45, 7) is 10.4. The van der Waals surface area contributed by atoms with E-state index in [1.807, 2.05) is 56.5 Å². The van der Waals surface area contributed by atoms with E-state index in [0.29, 0.717) is 37.6 Å². The molecule has 3 amide bonds. The van der Waals surface area contributed by atoms with Crippen molar-refractivity contribution in [1.82, 2.24) is 25.4 Å². The number of sulfone groups is 1. The van der Waals surface area contributed by atoms with Crippen LogP contribution in [0.25, 0.3) is 0 Å². The maximum Gasteiger partial charge on any atom is 0.321 e. The second kappa shape index (κ2) is 15.2. The minimum absolute atomic E-state index is 0.0273. The molecule has 260 valence electrons. The molecule has 2 aromatic carbocycles. The number of hydrogen-bond acceptors (Lipinski definition) is 10. The largest absolute Gasteiger partial charge is 0.454 e. The van der Waals surface area contributed by atoms with Gasteiger partial charge in [0.2, 0.25) is 12.7 Å². The van der Waals surface area contributed by atoms with E-state index in [-0.39, 0.29) is 42.0 Å². The Kier molecular flexibility index (Phi) is 11.3. The van der Waals surface area contributed by atoms with E-state index >= 15 is 0 Å². The number of nitrogens with zero attached hydrogens (tertiary/aromatic N) is 3. The number of thiazole rings is 1. The van der Waals surface area contributed by atoms with Crippen molar-refractivity contribution in [2.24, 2.45) is 11.8 Å². The van der Waals surface area contributed by atoms with E-state index < -0.39 is 33.4 Å². The monoisotopic (exact) mass is 699 g/mol. The number of benzene rings is 2. The number of hydrogen-bond donors (Lipinski definition) is 3. The number of aryl methyl sites for hydroxylation is 1. The van der Waals surface area contributed by atoms with Crippen LogP contribution in [0.1, 0.15) is 44.0 Å². The molecule has 3 heterocycles. The summed E-state index contributed by atoms with van der Waals surface area (Å²) in [5, 5.41) is 19.5. The van der Waals surface area contributed by atoms with Gasteiger partial charge >= 0.3 is 6.03 Å². The van der Waals surface area contributed by atoms with E-state index in [9.17, 15) is 23.1 Å². The lowest BCUT2D eigenvalue weighted by Gasteiger charge is -2.33. The fourth-order valence-electron chi connectivity index (χ4n) is 6.19. The Labute approximate surface area is 286 Å². The number of aliphatic hydroxyl groups is 1. The number of ether oxygens (including phenoxy) is 2. The molecule has 1 aromatic heterocycles. The number of urea groups is 1. The van der Waals surface area contributed by atoms with Crippen LogP contribution in [0, 0.1) is 18.8 Å². The first-order chi connectivity index (χ1) is 22.8. The minimum atomic E-state index is -3.89. The van der Waals surface area contributed by atoms with Crippen LogP contribution in [0.4, 0.5) is 4.79 Å². The summed E-state index contributed by atoms with van der Waals surface area (Å²) in [5.41, 5.74) is 1.70. The van der Waals surface area contributed by atoms with Crippen LogP contribution in [-0.4, -0.2) is 90.2 Å². The predicted molar refractivity (Wildman–Crippen MR) is 182 cm³/mol. The molecular weight excluding hydrogens is 655 g/mol. The van der Waals surface area contributed by atoms with Gasteiger partial charge in [0, 0.05) is 31.1 Å². The van der Waals surface area contributed by atoms with Gasteiger partial charge in [-0.3, -0.25) is 10.1 Å². The average Bonchev–Trinajstić information content (AvgIpc) is 3.77. The SMILES string of the molecule is Cc1nc(CN2CCN([C@H](C(=O)N[C@@H](Cc3ccccc3)[C@H](O)CN[C@H](C(C)C)S(=O)(=O)c3ccc4c(c3)OCO4)C(C)C)C2=O)cs1. The Hall–Kier alpha value is -3.72. The van der Waals surface area contributed by atoms with Crippen molar-refractivity contribution in [2.45, 2.75) is 76.0 Å². The third-order valence-electron chi connectivity index (χ3n) is 8.61. The molecule has 1 saturated heterocycles. The van der Waals surface area contributed by atoms with Crippen LogP contribution in [0.15, 0.2) is 58.8 Å². The van der Waals surface area contributed by atoms with Crippen LogP contribution in [0.3, 0.4) is 0 Å². The first kappa shape index (κ1) is 35.6. The maximum atomic E-state index is 14.0. The number of carbonyl (C=O) groups excluding carboxylic acids is 2. The van der Waals surface area contributed by atoms with Crippen molar-refractivity contribution < 1.29 is 32.6 Å². The van der Waals surface area contributed by atoms with Gasteiger partial charge < -0.3 is 29.7 Å². The number of amides is 3. The highest BCUT2D eigenvalue weighted by Crippen LogP contribution is 2.35. The molecule has 0 aliphatic carbocycles. The third-order valence-corrected chi connectivity index (χ3v) is 11.7. The molecule has 0 unspecified atom stereocenters. The lowest BCUT2D eigenvalue weighted by atomic mass is 9.97. The van der Waals surface area contributed by atoms with Crippen molar-refractivity contribution in [1.29, 1.82) is 0 Å². The quantitative estimate of drug-likeness (QED) is 0.216. The van der Waals surface area contributed by atoms with Gasteiger partial charge in [0.15, 0.2) is 21.3 Å². The molecule has 1 fully saturated rings. The van der Waals surface area contributed by atoms with Crippen molar-refractivity contribution in [3.05, 3.63) is 70.2 Å². The van der Waals surface area contributed by atoms with E-state index in [1.54, 1.807) is 29.7 Å². The molecule has 0 spiro atoms. The number of aliphatic hydroxyl groups excluding tert-OH is 1. The standard InChI is InChI=1S/C34H45N5O7S2/c1-21(2)31(39-14-13-38(34(39)42)18-25-19-47-23(5)36-25)32(41)37-27(15-24-9-7-6-8-10-24)28(40)17-35-33(22(3)4)48(43,44)26-11-12-29-30(16-26)46-20-45-29/h6-12,16,19,21-22,27-28,31,33,35,40H,13-15,17-18,20H2,1-5H3,(H,37,41)/t27-,28+,31-,33-/m0/s1. The lowest BCUT2D eigenvalue weighted by Crippen LogP contribution is -2.57. The Morgan fingerprint density at radius 1 is 1.04 bits per heavy atom. The van der Waals surface area contributed by atoms with Gasteiger partial charge in [-0.1, -0.05) is 58.0 Å². The zero-order valence-electron chi connectivity index (χ0n) is 28.0. The summed E-state index contributed by atoms with van der Waals surface area (Å²) >= 11 is 1.53. The fraction of sp³-hybridized carbons (Fsp3) is 0.500. The van der Waals surface area contributed by atoms with Gasteiger partial charge in [-0.05, 0) is 42.9 Å². The second-order valence-electron chi connectivity index (χ2n) is 12.9. The summed E-state index contributed by atoms with van der Waals surface area (Å²) in [4.78, 5) is 35.3. The van der Waals surface area contributed by atoms with Gasteiger partial charge in [-0.25, -0.2) is 18.2 Å². The van der Waals surface area contributed by atoms with Gasteiger partial charge in [-0.2, -0.15) is 0 Å².